The van der Waals surface area contributed by atoms with Gasteiger partial charge in [0.25, 0.3) is 0 Å². The van der Waals surface area contributed by atoms with E-state index in [2.05, 4.69) is 0 Å². The molecule has 0 aliphatic heterocycles. The van der Waals surface area contributed by atoms with E-state index in [1.165, 1.54) is 6.07 Å². The Hall–Kier alpha value is -2.49. The molecule has 3 aromatic rings. The monoisotopic (exact) mass is 270 g/mol. The zero-order valence-corrected chi connectivity index (χ0v) is 11.1. The van der Waals surface area contributed by atoms with Crippen molar-refractivity contribution < 1.29 is 9.13 Å². The van der Waals surface area contributed by atoms with Crippen molar-refractivity contribution in [1.82, 2.24) is 4.57 Å². The van der Waals surface area contributed by atoms with E-state index in [1.54, 1.807) is 25.3 Å². The van der Waals surface area contributed by atoms with Crippen molar-refractivity contribution in [3.05, 3.63) is 60.0 Å². The van der Waals surface area contributed by atoms with E-state index in [4.69, 9.17) is 10.5 Å². The quantitative estimate of drug-likeness (QED) is 0.741. The summed E-state index contributed by atoms with van der Waals surface area (Å²) in [7, 11) is 1.62. The van der Waals surface area contributed by atoms with Gasteiger partial charge in [-0.25, -0.2) is 4.39 Å². The van der Waals surface area contributed by atoms with E-state index < -0.39 is 0 Å². The molecule has 0 amide bonds. The van der Waals surface area contributed by atoms with Gasteiger partial charge in [0, 0.05) is 23.5 Å². The molecule has 2 aromatic carbocycles. The lowest BCUT2D eigenvalue weighted by molar-refractivity contribution is 0.409. The summed E-state index contributed by atoms with van der Waals surface area (Å²) in [5.41, 5.74) is 8.28. The van der Waals surface area contributed by atoms with E-state index in [0.717, 1.165) is 22.2 Å². The van der Waals surface area contributed by atoms with Gasteiger partial charge >= 0.3 is 0 Å². The van der Waals surface area contributed by atoms with Gasteiger partial charge < -0.3 is 15.0 Å². The minimum absolute atomic E-state index is 0.235. The predicted octanol–water partition coefficient (Wildman–Crippen LogP) is 3.42. The van der Waals surface area contributed by atoms with Gasteiger partial charge in [-0.15, -0.1) is 0 Å². The lowest BCUT2D eigenvalue weighted by Crippen LogP contribution is -2.01. The fraction of sp³-hybridized carbons (Fsp3) is 0.125. The lowest BCUT2D eigenvalue weighted by atomic mass is 10.1. The number of nitrogen functional groups attached to an aromatic ring is 1. The van der Waals surface area contributed by atoms with Crippen LogP contribution in [0.4, 0.5) is 10.1 Å². The first-order chi connectivity index (χ1) is 9.67. The van der Waals surface area contributed by atoms with Gasteiger partial charge in [-0.2, -0.15) is 0 Å². The summed E-state index contributed by atoms with van der Waals surface area (Å²) >= 11 is 0. The molecule has 4 heteroatoms. The minimum Gasteiger partial charge on any atom is -0.496 e. The molecule has 0 saturated heterocycles. The first-order valence-electron chi connectivity index (χ1n) is 6.34. The predicted molar refractivity (Wildman–Crippen MR) is 78.4 cm³/mol. The van der Waals surface area contributed by atoms with Crippen LogP contribution in [0.3, 0.4) is 0 Å². The number of methoxy groups -OCH3 is 1. The summed E-state index contributed by atoms with van der Waals surface area (Å²) in [4.78, 5) is 0. The highest BCUT2D eigenvalue weighted by Crippen LogP contribution is 2.25. The fourth-order valence-electron chi connectivity index (χ4n) is 2.37. The largest absolute Gasteiger partial charge is 0.496 e. The van der Waals surface area contributed by atoms with Crippen LogP contribution in [0, 0.1) is 5.82 Å². The number of ether oxygens (including phenoxy) is 1. The van der Waals surface area contributed by atoms with Crippen LogP contribution in [0.25, 0.3) is 10.9 Å². The Morgan fingerprint density at radius 1 is 1.15 bits per heavy atom. The number of rotatable bonds is 3. The molecule has 0 aliphatic rings. The van der Waals surface area contributed by atoms with Crippen molar-refractivity contribution in [2.75, 3.05) is 12.8 Å². The molecule has 0 atom stereocenters. The summed E-state index contributed by atoms with van der Waals surface area (Å²) in [6, 6.07) is 12.3. The van der Waals surface area contributed by atoms with Gasteiger partial charge in [-0.3, -0.25) is 0 Å². The maximum Gasteiger partial charge on any atom is 0.125 e. The van der Waals surface area contributed by atoms with Crippen LogP contribution < -0.4 is 10.5 Å². The van der Waals surface area contributed by atoms with Crippen molar-refractivity contribution in [1.29, 1.82) is 0 Å². The highest BCUT2D eigenvalue weighted by Gasteiger charge is 2.07. The Morgan fingerprint density at radius 3 is 2.80 bits per heavy atom. The SMILES string of the molecule is COc1cc(N)ccc1Cn1ccc2ccc(F)cc21. The molecule has 0 radical (unpaired) electrons. The molecule has 1 aromatic heterocycles. The second-order valence-electron chi connectivity index (χ2n) is 4.72. The topological polar surface area (TPSA) is 40.2 Å². The molecular weight excluding hydrogens is 255 g/mol. The van der Waals surface area contributed by atoms with Crippen LogP contribution in [-0.2, 0) is 6.54 Å². The molecule has 0 saturated carbocycles. The number of anilines is 1. The van der Waals surface area contributed by atoms with Crippen LogP contribution in [0.5, 0.6) is 5.75 Å². The Bertz CT molecular complexity index is 764. The number of halogens is 1. The van der Waals surface area contributed by atoms with E-state index in [9.17, 15) is 4.39 Å². The van der Waals surface area contributed by atoms with Crippen molar-refractivity contribution >= 4 is 16.6 Å². The zero-order valence-electron chi connectivity index (χ0n) is 11.1. The van der Waals surface area contributed by atoms with Crippen molar-refractivity contribution in [2.24, 2.45) is 0 Å². The van der Waals surface area contributed by atoms with Crippen LogP contribution in [0.15, 0.2) is 48.7 Å². The van der Waals surface area contributed by atoms with Gasteiger partial charge in [-0.1, -0.05) is 6.07 Å². The Labute approximate surface area is 116 Å². The third-order valence-corrected chi connectivity index (χ3v) is 3.39. The number of hydrogen-bond donors (Lipinski definition) is 1. The normalized spacial score (nSPS) is 10.9. The molecule has 3 nitrogen and oxygen atoms in total. The van der Waals surface area contributed by atoms with Crippen LogP contribution in [0.2, 0.25) is 0 Å². The van der Waals surface area contributed by atoms with Gasteiger partial charge in [0.15, 0.2) is 0 Å². The Morgan fingerprint density at radius 2 is 2.00 bits per heavy atom. The van der Waals surface area contributed by atoms with E-state index in [1.807, 2.05) is 29.0 Å². The van der Waals surface area contributed by atoms with Gasteiger partial charge in [0.1, 0.15) is 11.6 Å². The lowest BCUT2D eigenvalue weighted by Gasteiger charge is -2.11. The molecular formula is C16H15FN2O. The number of aromatic nitrogens is 1. The molecule has 0 spiro atoms. The van der Waals surface area contributed by atoms with Gasteiger partial charge in [0.2, 0.25) is 0 Å². The van der Waals surface area contributed by atoms with Crippen molar-refractivity contribution in [2.45, 2.75) is 6.54 Å². The van der Waals surface area contributed by atoms with Crippen molar-refractivity contribution in [3.8, 4) is 5.75 Å². The zero-order chi connectivity index (χ0) is 14.1. The van der Waals surface area contributed by atoms with Gasteiger partial charge in [-0.05, 0) is 35.7 Å². The maximum atomic E-state index is 13.4. The number of fused-ring (bicyclic) bond motifs is 1. The third kappa shape index (κ3) is 2.20. The van der Waals surface area contributed by atoms with Crippen molar-refractivity contribution in [3.63, 3.8) is 0 Å². The summed E-state index contributed by atoms with van der Waals surface area (Å²) < 4.78 is 20.7. The second kappa shape index (κ2) is 4.89. The molecule has 2 N–H and O–H groups in total. The van der Waals surface area contributed by atoms with E-state index in [-0.39, 0.29) is 5.82 Å². The minimum atomic E-state index is -0.235. The fourth-order valence-corrected chi connectivity index (χ4v) is 2.37. The number of nitrogens with zero attached hydrogens (tertiary/aromatic N) is 1. The number of hydrogen-bond acceptors (Lipinski definition) is 2. The molecule has 0 aliphatic carbocycles. The number of nitrogens with two attached hydrogens (primary N) is 1. The van der Waals surface area contributed by atoms with Crippen LogP contribution in [-0.4, -0.2) is 11.7 Å². The Balaban J connectivity index is 2.03. The average molecular weight is 270 g/mol. The first kappa shape index (κ1) is 12.5. The Kier molecular flexibility index (Phi) is 3.06. The van der Waals surface area contributed by atoms with Crippen LogP contribution >= 0.6 is 0 Å². The molecule has 20 heavy (non-hydrogen) atoms. The summed E-state index contributed by atoms with van der Waals surface area (Å²) in [6.07, 6.45) is 1.94. The molecule has 0 bridgehead atoms. The smallest absolute Gasteiger partial charge is 0.125 e. The average Bonchev–Trinajstić information content (AvgIpc) is 2.83. The van der Waals surface area contributed by atoms with E-state index >= 15 is 0 Å². The second-order valence-corrected chi connectivity index (χ2v) is 4.72. The molecule has 3 rings (SSSR count). The standard InChI is InChI=1S/C16H15FN2O/c1-20-16-9-14(18)5-3-12(16)10-19-7-6-11-2-4-13(17)8-15(11)19/h2-9H,10,18H2,1H3. The van der Waals surface area contributed by atoms with Crippen LogP contribution in [0.1, 0.15) is 5.56 Å². The summed E-state index contributed by atoms with van der Waals surface area (Å²) in [5, 5.41) is 1.01. The third-order valence-electron chi connectivity index (χ3n) is 3.39. The molecule has 102 valence electrons. The van der Waals surface area contributed by atoms with Gasteiger partial charge in [0.05, 0.1) is 19.2 Å². The first-order valence-corrected chi connectivity index (χ1v) is 6.34. The maximum absolute atomic E-state index is 13.4. The highest BCUT2D eigenvalue weighted by atomic mass is 19.1. The summed E-state index contributed by atoms with van der Waals surface area (Å²) in [6.45, 7) is 0.608. The molecule has 1 heterocycles. The molecule has 0 unspecified atom stereocenters. The molecule has 0 fully saturated rings. The van der Waals surface area contributed by atoms with E-state index in [0.29, 0.717) is 12.2 Å². The number of benzene rings is 2. The highest BCUT2D eigenvalue weighted by molar-refractivity contribution is 5.80. The summed E-state index contributed by atoms with van der Waals surface area (Å²) in [5.74, 6) is 0.505.